The molecule has 2 aromatic carbocycles. The summed E-state index contributed by atoms with van der Waals surface area (Å²) in [5.74, 6) is 0.835. The number of nitrogens with one attached hydrogen (secondary N) is 2. The van der Waals surface area contributed by atoms with Gasteiger partial charge in [0.2, 0.25) is 0 Å². The van der Waals surface area contributed by atoms with Gasteiger partial charge in [-0.15, -0.1) is 0 Å². The summed E-state index contributed by atoms with van der Waals surface area (Å²) in [6.45, 7) is 0.593. The molecule has 6 heteroatoms. The van der Waals surface area contributed by atoms with E-state index in [1.807, 2.05) is 12.1 Å². The summed E-state index contributed by atoms with van der Waals surface area (Å²) in [6.07, 6.45) is 0. The van der Waals surface area contributed by atoms with Gasteiger partial charge in [0.15, 0.2) is 11.5 Å². The molecule has 0 fully saturated rings. The smallest absolute Gasteiger partial charge is 0.319 e. The van der Waals surface area contributed by atoms with Crippen LogP contribution < -0.4 is 20.1 Å². The Balaban J connectivity index is 1.73. The van der Waals surface area contributed by atoms with Crippen LogP contribution in [-0.4, -0.2) is 26.3 Å². The van der Waals surface area contributed by atoms with Crippen molar-refractivity contribution in [1.82, 2.24) is 5.32 Å². The normalized spacial score (nSPS) is 9.91. The minimum atomic E-state index is -0.422. The van der Waals surface area contributed by atoms with Crippen molar-refractivity contribution in [2.24, 2.45) is 0 Å². The fraction of sp³-hybridized carbons (Fsp3) is 0.188. The second kappa shape index (κ2) is 7.87. The second-order valence-corrected chi connectivity index (χ2v) is 4.39. The molecule has 2 N–H and O–H groups in total. The monoisotopic (exact) mass is 304 g/mol. The molecule has 0 saturated carbocycles. The number of amides is 2. The molecular formula is C16H17FN2O3. The van der Waals surface area contributed by atoms with Gasteiger partial charge < -0.3 is 20.1 Å². The number of ether oxygens (including phenoxy) is 2. The molecule has 0 spiro atoms. The van der Waals surface area contributed by atoms with Crippen molar-refractivity contribution in [3.8, 4) is 11.5 Å². The SMILES string of the molecule is COc1ccccc1OCCNC(=O)Nc1cccc(F)c1. The Morgan fingerprint density at radius 2 is 1.91 bits per heavy atom. The molecule has 0 heterocycles. The van der Waals surface area contributed by atoms with Crippen molar-refractivity contribution < 1.29 is 18.7 Å². The Kier molecular flexibility index (Phi) is 5.59. The lowest BCUT2D eigenvalue weighted by molar-refractivity contribution is 0.246. The molecule has 2 aromatic rings. The van der Waals surface area contributed by atoms with Crippen molar-refractivity contribution >= 4 is 11.7 Å². The maximum atomic E-state index is 13.0. The van der Waals surface area contributed by atoms with E-state index in [1.54, 1.807) is 25.3 Å². The third-order valence-electron chi connectivity index (χ3n) is 2.80. The Bertz CT molecular complexity index is 634. The van der Waals surface area contributed by atoms with Gasteiger partial charge in [-0.2, -0.15) is 0 Å². The minimum Gasteiger partial charge on any atom is -0.493 e. The number of carbonyl (C=O) groups excluding carboxylic acids is 1. The summed E-state index contributed by atoms with van der Waals surface area (Å²) in [6, 6.07) is 12.5. The summed E-state index contributed by atoms with van der Waals surface area (Å²) >= 11 is 0. The number of carbonyl (C=O) groups is 1. The largest absolute Gasteiger partial charge is 0.493 e. The van der Waals surface area contributed by atoms with E-state index in [4.69, 9.17) is 9.47 Å². The predicted molar refractivity (Wildman–Crippen MR) is 81.9 cm³/mol. The molecule has 0 aliphatic heterocycles. The number of methoxy groups -OCH3 is 1. The van der Waals surface area contributed by atoms with Crippen LogP contribution in [0.15, 0.2) is 48.5 Å². The molecule has 0 aliphatic carbocycles. The average molecular weight is 304 g/mol. The van der Waals surface area contributed by atoms with Crippen molar-refractivity contribution in [2.45, 2.75) is 0 Å². The van der Waals surface area contributed by atoms with Crippen LogP contribution in [0.1, 0.15) is 0 Å². The molecule has 0 atom stereocenters. The number of rotatable bonds is 6. The van der Waals surface area contributed by atoms with Gasteiger partial charge in [-0.1, -0.05) is 18.2 Å². The molecule has 0 aromatic heterocycles. The molecule has 0 unspecified atom stereocenters. The third kappa shape index (κ3) is 4.66. The van der Waals surface area contributed by atoms with E-state index in [2.05, 4.69) is 10.6 Å². The minimum absolute atomic E-state index is 0.289. The molecule has 0 bridgehead atoms. The maximum Gasteiger partial charge on any atom is 0.319 e. The van der Waals surface area contributed by atoms with E-state index in [0.29, 0.717) is 23.7 Å². The first-order chi connectivity index (χ1) is 10.7. The Morgan fingerprint density at radius 3 is 2.64 bits per heavy atom. The number of anilines is 1. The summed E-state index contributed by atoms with van der Waals surface area (Å²) in [5.41, 5.74) is 0.392. The fourth-order valence-electron chi connectivity index (χ4n) is 1.81. The summed E-state index contributed by atoms with van der Waals surface area (Å²) in [5, 5.41) is 5.15. The number of halogens is 1. The summed E-state index contributed by atoms with van der Waals surface area (Å²) in [4.78, 5) is 11.6. The standard InChI is InChI=1S/C16H17FN2O3/c1-21-14-7-2-3-8-15(14)22-10-9-18-16(20)19-13-6-4-5-12(17)11-13/h2-8,11H,9-10H2,1H3,(H2,18,19,20). The van der Waals surface area contributed by atoms with Gasteiger partial charge in [0.1, 0.15) is 12.4 Å². The van der Waals surface area contributed by atoms with E-state index in [-0.39, 0.29) is 6.61 Å². The van der Waals surface area contributed by atoms with Gasteiger partial charge >= 0.3 is 6.03 Å². The first-order valence-corrected chi connectivity index (χ1v) is 6.75. The van der Waals surface area contributed by atoms with Crippen LogP contribution in [0.2, 0.25) is 0 Å². The number of para-hydroxylation sites is 2. The highest BCUT2D eigenvalue weighted by Gasteiger charge is 2.04. The molecule has 2 amide bonds. The number of benzene rings is 2. The zero-order chi connectivity index (χ0) is 15.8. The molecule has 2 rings (SSSR count). The lowest BCUT2D eigenvalue weighted by atomic mass is 10.3. The van der Waals surface area contributed by atoms with Crippen LogP contribution in [0.5, 0.6) is 11.5 Å². The van der Waals surface area contributed by atoms with Crippen LogP contribution >= 0.6 is 0 Å². The molecular weight excluding hydrogens is 287 g/mol. The highest BCUT2D eigenvalue weighted by Crippen LogP contribution is 2.25. The van der Waals surface area contributed by atoms with Crippen LogP contribution in [-0.2, 0) is 0 Å². The highest BCUT2D eigenvalue weighted by atomic mass is 19.1. The topological polar surface area (TPSA) is 59.6 Å². The quantitative estimate of drug-likeness (QED) is 0.806. The van der Waals surface area contributed by atoms with Crippen LogP contribution in [0.3, 0.4) is 0 Å². The lowest BCUT2D eigenvalue weighted by Gasteiger charge is -2.11. The van der Waals surface area contributed by atoms with Crippen molar-refractivity contribution in [3.05, 3.63) is 54.3 Å². The van der Waals surface area contributed by atoms with E-state index >= 15 is 0 Å². The van der Waals surface area contributed by atoms with E-state index in [9.17, 15) is 9.18 Å². The van der Waals surface area contributed by atoms with Gasteiger partial charge in [0.05, 0.1) is 13.7 Å². The first kappa shape index (κ1) is 15.6. The summed E-state index contributed by atoms with van der Waals surface area (Å²) < 4.78 is 23.7. The average Bonchev–Trinajstić information content (AvgIpc) is 2.52. The summed E-state index contributed by atoms with van der Waals surface area (Å²) in [7, 11) is 1.56. The Hall–Kier alpha value is -2.76. The second-order valence-electron chi connectivity index (χ2n) is 4.39. The highest BCUT2D eigenvalue weighted by molar-refractivity contribution is 5.89. The van der Waals surface area contributed by atoms with Crippen molar-refractivity contribution in [1.29, 1.82) is 0 Å². The molecule has 22 heavy (non-hydrogen) atoms. The van der Waals surface area contributed by atoms with E-state index < -0.39 is 11.8 Å². The van der Waals surface area contributed by atoms with Gasteiger partial charge in [0.25, 0.3) is 0 Å². The zero-order valence-corrected chi connectivity index (χ0v) is 12.1. The van der Waals surface area contributed by atoms with Gasteiger partial charge in [0, 0.05) is 5.69 Å². The van der Waals surface area contributed by atoms with Crippen LogP contribution in [0.4, 0.5) is 14.9 Å². The van der Waals surface area contributed by atoms with Crippen LogP contribution in [0.25, 0.3) is 0 Å². The first-order valence-electron chi connectivity index (χ1n) is 6.75. The number of hydrogen-bond donors (Lipinski definition) is 2. The van der Waals surface area contributed by atoms with E-state index in [0.717, 1.165) is 0 Å². The molecule has 0 saturated heterocycles. The molecule has 0 aliphatic rings. The van der Waals surface area contributed by atoms with Gasteiger partial charge in [-0.05, 0) is 30.3 Å². The molecule has 116 valence electrons. The Morgan fingerprint density at radius 1 is 1.14 bits per heavy atom. The Labute approximate surface area is 128 Å². The molecule has 0 radical (unpaired) electrons. The number of urea groups is 1. The maximum absolute atomic E-state index is 13.0. The fourth-order valence-corrected chi connectivity index (χ4v) is 1.81. The van der Waals surface area contributed by atoms with E-state index in [1.165, 1.54) is 18.2 Å². The predicted octanol–water partition coefficient (Wildman–Crippen LogP) is 3.03. The van der Waals surface area contributed by atoms with Crippen molar-refractivity contribution in [2.75, 3.05) is 25.6 Å². The zero-order valence-electron chi connectivity index (χ0n) is 12.1. The number of hydrogen-bond acceptors (Lipinski definition) is 3. The lowest BCUT2D eigenvalue weighted by Crippen LogP contribution is -2.32. The van der Waals surface area contributed by atoms with Crippen molar-refractivity contribution in [3.63, 3.8) is 0 Å². The van der Waals surface area contributed by atoms with Crippen LogP contribution in [0, 0.1) is 5.82 Å². The molecule has 5 nitrogen and oxygen atoms in total. The third-order valence-corrected chi connectivity index (χ3v) is 2.80. The van der Waals surface area contributed by atoms with Gasteiger partial charge in [-0.25, -0.2) is 9.18 Å². The van der Waals surface area contributed by atoms with Gasteiger partial charge in [-0.3, -0.25) is 0 Å².